The fourth-order valence-corrected chi connectivity index (χ4v) is 0.710. The molecule has 0 saturated carbocycles. The second-order valence-electron chi connectivity index (χ2n) is 1.89. The van der Waals surface area contributed by atoms with Gasteiger partial charge in [-0.15, -0.1) is 0 Å². The molecule has 0 radical (unpaired) electrons. The number of allylic oxidation sites excluding steroid dienone is 1. The van der Waals surface area contributed by atoms with E-state index in [-0.39, 0.29) is 5.97 Å². The second kappa shape index (κ2) is 3.15. The summed E-state index contributed by atoms with van der Waals surface area (Å²) in [7, 11) is 0. The zero-order chi connectivity index (χ0) is 7.40. The summed E-state index contributed by atoms with van der Waals surface area (Å²) in [5.41, 5.74) is 0.502. The molecule has 54 valence electrons. The van der Waals surface area contributed by atoms with Crippen LogP contribution in [0, 0.1) is 0 Å². The van der Waals surface area contributed by atoms with Crippen molar-refractivity contribution in [2.45, 2.75) is 13.3 Å². The minimum atomic E-state index is -0.299. The van der Waals surface area contributed by atoms with Gasteiger partial charge in [-0.3, -0.25) is 4.99 Å². The molecule has 0 unspecified atom stereocenters. The molecule has 0 aromatic carbocycles. The highest BCUT2D eigenvalue weighted by molar-refractivity contribution is 6.37. The average Bonchev–Trinajstić information content (AvgIpc) is 2.38. The number of ether oxygens (including phenoxy) is 1. The highest BCUT2D eigenvalue weighted by Gasteiger charge is 2.11. The molecule has 10 heavy (non-hydrogen) atoms. The smallest absolute Gasteiger partial charge is 0.352 e. The summed E-state index contributed by atoms with van der Waals surface area (Å²) in [6.45, 7) is 2.19. The van der Waals surface area contributed by atoms with Crippen LogP contribution in [0.15, 0.2) is 17.3 Å². The lowest BCUT2D eigenvalue weighted by atomic mass is 10.3. The molecule has 3 nitrogen and oxygen atoms in total. The first-order chi connectivity index (χ1) is 4.84. The molecule has 0 aromatic rings. The van der Waals surface area contributed by atoms with Crippen molar-refractivity contribution >= 4 is 11.7 Å². The van der Waals surface area contributed by atoms with E-state index in [1.54, 1.807) is 13.1 Å². The molecule has 3 heteroatoms. The van der Waals surface area contributed by atoms with Crippen molar-refractivity contribution in [1.82, 2.24) is 0 Å². The Morgan fingerprint density at radius 1 is 1.90 bits per heavy atom. The summed E-state index contributed by atoms with van der Waals surface area (Å²) in [5, 5.41) is 0. The molecule has 0 amide bonds. The molecule has 0 atom stereocenters. The van der Waals surface area contributed by atoms with Crippen molar-refractivity contribution in [2.24, 2.45) is 4.99 Å². The average molecular weight is 139 g/mol. The molecule has 0 N–H and O–H groups in total. The van der Waals surface area contributed by atoms with E-state index in [0.29, 0.717) is 18.7 Å². The molecular weight excluding hydrogens is 130 g/mol. The number of esters is 1. The first-order valence-corrected chi connectivity index (χ1v) is 3.23. The number of nitrogens with zero attached hydrogens (tertiary/aromatic N) is 1. The first kappa shape index (κ1) is 6.99. The van der Waals surface area contributed by atoms with Crippen LogP contribution in [0.4, 0.5) is 0 Å². The van der Waals surface area contributed by atoms with E-state index in [9.17, 15) is 4.79 Å². The van der Waals surface area contributed by atoms with Crippen molar-refractivity contribution < 1.29 is 9.53 Å². The third-order valence-corrected chi connectivity index (χ3v) is 1.16. The number of aliphatic imine (C=N–C) groups is 1. The Kier molecular flexibility index (Phi) is 2.20. The summed E-state index contributed by atoms with van der Waals surface area (Å²) in [6.07, 6.45) is 4.05. The van der Waals surface area contributed by atoms with Gasteiger partial charge in [0.1, 0.15) is 5.71 Å². The Bertz CT molecular complexity index is 194. The summed E-state index contributed by atoms with van der Waals surface area (Å²) >= 11 is 0. The zero-order valence-electron chi connectivity index (χ0n) is 5.83. The highest BCUT2D eigenvalue weighted by atomic mass is 16.5. The van der Waals surface area contributed by atoms with Crippen molar-refractivity contribution in [3.05, 3.63) is 12.3 Å². The molecule has 1 aliphatic heterocycles. The lowest BCUT2D eigenvalue weighted by Gasteiger charge is -1.98. The lowest BCUT2D eigenvalue weighted by Crippen LogP contribution is -2.14. The molecule has 0 spiro atoms. The molecular formula is C7H9NO2. The van der Waals surface area contributed by atoms with Crippen LogP contribution in [0.1, 0.15) is 13.3 Å². The number of rotatable bonds is 2. The van der Waals surface area contributed by atoms with E-state index >= 15 is 0 Å². The molecule has 0 fully saturated rings. The maximum absolute atomic E-state index is 10.9. The van der Waals surface area contributed by atoms with Gasteiger partial charge in [0.15, 0.2) is 0 Å². The fraction of sp³-hybridized carbons (Fsp3) is 0.429. The van der Waals surface area contributed by atoms with Crippen molar-refractivity contribution in [3.63, 3.8) is 0 Å². The number of hydrogen-bond donors (Lipinski definition) is 0. The third-order valence-electron chi connectivity index (χ3n) is 1.16. The van der Waals surface area contributed by atoms with Crippen LogP contribution in [-0.2, 0) is 9.53 Å². The largest absolute Gasteiger partial charge is 0.461 e. The number of carbonyl (C=O) groups is 1. The van der Waals surface area contributed by atoms with Crippen LogP contribution >= 0.6 is 0 Å². The minimum Gasteiger partial charge on any atom is -0.461 e. The summed E-state index contributed by atoms with van der Waals surface area (Å²) in [4.78, 5) is 14.7. The van der Waals surface area contributed by atoms with E-state index in [1.807, 2.05) is 6.08 Å². The second-order valence-corrected chi connectivity index (χ2v) is 1.89. The van der Waals surface area contributed by atoms with Crippen molar-refractivity contribution in [3.8, 4) is 0 Å². The normalized spacial score (nSPS) is 15.1. The van der Waals surface area contributed by atoms with Gasteiger partial charge in [0.05, 0.1) is 6.61 Å². The van der Waals surface area contributed by atoms with Gasteiger partial charge in [-0.1, -0.05) is 6.08 Å². The summed E-state index contributed by atoms with van der Waals surface area (Å²) in [6, 6.07) is 0. The van der Waals surface area contributed by atoms with Crippen LogP contribution < -0.4 is 0 Å². The van der Waals surface area contributed by atoms with Crippen LogP contribution in [0.2, 0.25) is 0 Å². The van der Waals surface area contributed by atoms with E-state index in [2.05, 4.69) is 4.99 Å². The Morgan fingerprint density at radius 2 is 2.70 bits per heavy atom. The lowest BCUT2D eigenvalue weighted by molar-refractivity contribution is -0.135. The van der Waals surface area contributed by atoms with Crippen molar-refractivity contribution in [2.75, 3.05) is 6.61 Å². The topological polar surface area (TPSA) is 38.7 Å². The fourth-order valence-electron chi connectivity index (χ4n) is 0.710. The summed E-state index contributed by atoms with van der Waals surface area (Å²) < 4.78 is 4.72. The van der Waals surface area contributed by atoms with Gasteiger partial charge in [-0.2, -0.15) is 0 Å². The number of hydrogen-bond acceptors (Lipinski definition) is 3. The molecule has 0 aliphatic carbocycles. The Labute approximate surface area is 59.4 Å². The maximum Gasteiger partial charge on any atom is 0.352 e. The number of carbonyl (C=O) groups excluding carboxylic acids is 1. The molecule has 0 aromatic heterocycles. The molecule has 1 aliphatic rings. The van der Waals surface area contributed by atoms with Crippen LogP contribution in [0.5, 0.6) is 0 Å². The monoisotopic (exact) mass is 139 g/mol. The molecule has 1 heterocycles. The zero-order valence-corrected chi connectivity index (χ0v) is 5.83. The van der Waals surface area contributed by atoms with Gasteiger partial charge >= 0.3 is 5.97 Å². The van der Waals surface area contributed by atoms with E-state index in [0.717, 1.165) is 0 Å². The summed E-state index contributed by atoms with van der Waals surface area (Å²) in [5.74, 6) is -0.299. The maximum atomic E-state index is 10.9. The van der Waals surface area contributed by atoms with E-state index in [1.165, 1.54) is 0 Å². The SMILES string of the molecule is CCOC(=O)C1=NC=CC1. The predicted octanol–water partition coefficient (Wildman–Crippen LogP) is 0.908. The Hall–Kier alpha value is -1.12. The molecule has 1 rings (SSSR count). The van der Waals surface area contributed by atoms with Crippen molar-refractivity contribution in [1.29, 1.82) is 0 Å². The van der Waals surface area contributed by atoms with E-state index < -0.39 is 0 Å². The van der Waals surface area contributed by atoms with Gasteiger partial charge in [0, 0.05) is 12.6 Å². The standard InChI is InChI=1S/C7H9NO2/c1-2-10-7(9)6-4-3-5-8-6/h3,5H,2,4H2,1H3. The van der Waals surface area contributed by atoms with Crippen LogP contribution in [0.3, 0.4) is 0 Å². The van der Waals surface area contributed by atoms with Crippen LogP contribution in [0.25, 0.3) is 0 Å². The minimum absolute atomic E-state index is 0.299. The Morgan fingerprint density at radius 3 is 3.20 bits per heavy atom. The van der Waals surface area contributed by atoms with Gasteiger partial charge in [0.25, 0.3) is 0 Å². The quantitative estimate of drug-likeness (QED) is 0.533. The van der Waals surface area contributed by atoms with Gasteiger partial charge in [-0.05, 0) is 6.92 Å². The molecule has 0 bridgehead atoms. The van der Waals surface area contributed by atoms with Gasteiger partial charge in [-0.25, -0.2) is 4.79 Å². The first-order valence-electron chi connectivity index (χ1n) is 3.23. The van der Waals surface area contributed by atoms with E-state index in [4.69, 9.17) is 4.74 Å². The van der Waals surface area contributed by atoms with Gasteiger partial charge in [0.2, 0.25) is 0 Å². The third kappa shape index (κ3) is 1.43. The predicted molar refractivity (Wildman–Crippen MR) is 37.8 cm³/mol. The van der Waals surface area contributed by atoms with Crippen LogP contribution in [-0.4, -0.2) is 18.3 Å². The Balaban J connectivity index is 2.43. The highest BCUT2D eigenvalue weighted by Crippen LogP contribution is 2.00. The van der Waals surface area contributed by atoms with Gasteiger partial charge < -0.3 is 4.74 Å². The molecule has 0 saturated heterocycles.